The molecule has 28 heavy (non-hydrogen) atoms. The number of sulfonamides is 1. The van der Waals surface area contributed by atoms with Crippen LogP contribution >= 0.6 is 0 Å². The van der Waals surface area contributed by atoms with E-state index >= 15 is 0 Å². The van der Waals surface area contributed by atoms with Gasteiger partial charge >= 0.3 is 0 Å². The van der Waals surface area contributed by atoms with Crippen LogP contribution in [-0.4, -0.2) is 29.7 Å². The highest BCUT2D eigenvalue weighted by Crippen LogP contribution is 2.36. The maximum absolute atomic E-state index is 12.1. The van der Waals surface area contributed by atoms with Crippen LogP contribution in [0.5, 0.6) is 0 Å². The number of nitrogens with zero attached hydrogens (tertiary/aromatic N) is 1. The van der Waals surface area contributed by atoms with Gasteiger partial charge in [0.15, 0.2) is 0 Å². The largest absolute Gasteiger partial charge is 0.358 e. The summed E-state index contributed by atoms with van der Waals surface area (Å²) in [5.74, 6) is 0.434. The lowest BCUT2D eigenvalue weighted by atomic mass is 9.84. The van der Waals surface area contributed by atoms with Crippen LogP contribution in [0.1, 0.15) is 51.1 Å². The maximum Gasteiger partial charge on any atom is 0.214 e. The van der Waals surface area contributed by atoms with E-state index in [-0.39, 0.29) is 11.3 Å². The molecule has 148 valence electrons. The van der Waals surface area contributed by atoms with Gasteiger partial charge < -0.3 is 4.98 Å². The Morgan fingerprint density at radius 1 is 1.07 bits per heavy atom. The van der Waals surface area contributed by atoms with Crippen LogP contribution in [0.15, 0.2) is 48.7 Å². The average molecular weight is 398 g/mol. The molecule has 1 aliphatic rings. The minimum absolute atomic E-state index is 0.0529. The van der Waals surface area contributed by atoms with Gasteiger partial charge in [0.05, 0.1) is 10.9 Å². The average Bonchev–Trinajstić information content (AvgIpc) is 3.13. The highest BCUT2D eigenvalue weighted by molar-refractivity contribution is 7.90. The lowest BCUT2D eigenvalue weighted by Gasteiger charge is -2.29. The van der Waals surface area contributed by atoms with Crippen molar-refractivity contribution < 1.29 is 8.42 Å². The highest BCUT2D eigenvalue weighted by atomic mass is 32.2. The fraction of sp³-hybridized carbons (Fsp3) is 0.409. The summed E-state index contributed by atoms with van der Waals surface area (Å²) in [5.41, 5.74) is 4.48. The molecule has 0 atom stereocenters. The Balaban J connectivity index is 1.52. The predicted octanol–water partition coefficient (Wildman–Crippen LogP) is 4.58. The van der Waals surface area contributed by atoms with Gasteiger partial charge in [-0.2, -0.15) is 0 Å². The third-order valence-electron chi connectivity index (χ3n) is 5.74. The van der Waals surface area contributed by atoms with Crippen LogP contribution in [0, 0.1) is 0 Å². The zero-order valence-electron chi connectivity index (χ0n) is 16.4. The molecule has 0 unspecified atom stereocenters. The molecule has 1 fully saturated rings. The molecule has 2 heterocycles. The fourth-order valence-corrected chi connectivity index (χ4v) is 5.01. The monoisotopic (exact) mass is 397 g/mol. The molecule has 0 spiro atoms. The van der Waals surface area contributed by atoms with E-state index in [1.54, 1.807) is 13.8 Å². The molecule has 1 aromatic carbocycles. The zero-order valence-corrected chi connectivity index (χ0v) is 17.2. The Hall–Kier alpha value is -2.18. The number of fused-ring (bicyclic) bond motifs is 1. The third-order valence-corrected chi connectivity index (χ3v) is 7.65. The van der Waals surface area contributed by atoms with E-state index in [9.17, 15) is 8.42 Å². The number of hydrogen-bond acceptors (Lipinski definition) is 3. The summed E-state index contributed by atoms with van der Waals surface area (Å²) in [6, 6.07) is 14.6. The van der Waals surface area contributed by atoms with E-state index in [2.05, 4.69) is 39.0 Å². The van der Waals surface area contributed by atoms with Gasteiger partial charge in [-0.25, -0.2) is 13.1 Å². The van der Waals surface area contributed by atoms with E-state index in [4.69, 9.17) is 0 Å². The van der Waals surface area contributed by atoms with Gasteiger partial charge in [0, 0.05) is 34.4 Å². The predicted molar refractivity (Wildman–Crippen MR) is 114 cm³/mol. The molecule has 4 rings (SSSR count). The Labute approximate surface area is 166 Å². The SMILES string of the molecule is CC(C)S(=O)(=O)NC1CCC(c2cc3c(-c4ccccn4)cccc3[nH]2)CC1. The van der Waals surface area contributed by atoms with E-state index < -0.39 is 10.0 Å². The van der Waals surface area contributed by atoms with E-state index in [0.29, 0.717) is 5.92 Å². The van der Waals surface area contributed by atoms with Crippen molar-refractivity contribution in [3.05, 3.63) is 54.4 Å². The number of H-pyrrole nitrogens is 1. The van der Waals surface area contributed by atoms with Crippen molar-refractivity contribution in [1.82, 2.24) is 14.7 Å². The van der Waals surface area contributed by atoms with Crippen molar-refractivity contribution in [2.45, 2.75) is 56.7 Å². The first-order chi connectivity index (χ1) is 13.4. The van der Waals surface area contributed by atoms with Crippen molar-refractivity contribution in [3.63, 3.8) is 0 Å². The second-order valence-corrected chi connectivity index (χ2v) is 10.2. The smallest absolute Gasteiger partial charge is 0.214 e. The Bertz CT molecular complexity index is 1050. The van der Waals surface area contributed by atoms with Crippen molar-refractivity contribution in [2.75, 3.05) is 0 Å². The van der Waals surface area contributed by atoms with Crippen LogP contribution < -0.4 is 4.72 Å². The second-order valence-electron chi connectivity index (χ2n) is 7.97. The molecule has 3 aromatic rings. The van der Waals surface area contributed by atoms with Crippen molar-refractivity contribution in [2.24, 2.45) is 0 Å². The highest BCUT2D eigenvalue weighted by Gasteiger charge is 2.27. The molecule has 2 N–H and O–H groups in total. The normalized spacial score (nSPS) is 20.7. The molecule has 5 nitrogen and oxygen atoms in total. The Kier molecular flexibility index (Phi) is 5.25. The van der Waals surface area contributed by atoms with Crippen LogP contribution in [0.4, 0.5) is 0 Å². The van der Waals surface area contributed by atoms with E-state index in [1.807, 2.05) is 24.4 Å². The van der Waals surface area contributed by atoms with Crippen molar-refractivity contribution in [1.29, 1.82) is 0 Å². The minimum Gasteiger partial charge on any atom is -0.358 e. The zero-order chi connectivity index (χ0) is 19.7. The van der Waals surface area contributed by atoms with Gasteiger partial charge in [0.1, 0.15) is 0 Å². The topological polar surface area (TPSA) is 74.8 Å². The van der Waals surface area contributed by atoms with Gasteiger partial charge in [-0.1, -0.05) is 18.2 Å². The molecular weight excluding hydrogens is 370 g/mol. The van der Waals surface area contributed by atoms with Gasteiger partial charge in [0.2, 0.25) is 10.0 Å². The number of pyridine rings is 1. The lowest BCUT2D eigenvalue weighted by molar-refractivity contribution is 0.370. The van der Waals surface area contributed by atoms with Crippen molar-refractivity contribution in [3.8, 4) is 11.3 Å². The Morgan fingerprint density at radius 3 is 2.54 bits per heavy atom. The first-order valence-corrected chi connectivity index (χ1v) is 11.5. The molecule has 0 aliphatic heterocycles. The number of aromatic amines is 1. The van der Waals surface area contributed by atoms with Crippen LogP contribution in [-0.2, 0) is 10.0 Å². The molecule has 0 amide bonds. The second kappa shape index (κ2) is 7.68. The van der Waals surface area contributed by atoms with Crippen LogP contribution in [0.25, 0.3) is 22.2 Å². The van der Waals surface area contributed by atoms with Crippen LogP contribution in [0.3, 0.4) is 0 Å². The minimum atomic E-state index is -3.20. The van der Waals surface area contributed by atoms with Gasteiger partial charge in [0.25, 0.3) is 0 Å². The molecule has 1 aliphatic carbocycles. The summed E-state index contributed by atoms with van der Waals surface area (Å²) < 4.78 is 27.1. The molecule has 0 saturated heterocycles. The number of aromatic nitrogens is 2. The van der Waals surface area contributed by atoms with Gasteiger partial charge in [-0.3, -0.25) is 4.98 Å². The van der Waals surface area contributed by atoms with E-state index in [0.717, 1.165) is 42.5 Å². The summed E-state index contributed by atoms with van der Waals surface area (Å²) in [7, 11) is -3.20. The van der Waals surface area contributed by atoms with Gasteiger partial charge in [-0.05, 0) is 69.7 Å². The molecule has 0 bridgehead atoms. The van der Waals surface area contributed by atoms with Crippen LogP contribution in [0.2, 0.25) is 0 Å². The number of nitrogens with one attached hydrogen (secondary N) is 2. The van der Waals surface area contributed by atoms with Crippen molar-refractivity contribution >= 4 is 20.9 Å². The number of benzene rings is 1. The molecule has 0 radical (unpaired) electrons. The van der Waals surface area contributed by atoms with Gasteiger partial charge in [-0.15, -0.1) is 0 Å². The first kappa shape index (κ1) is 19.2. The number of rotatable bonds is 5. The maximum atomic E-state index is 12.1. The summed E-state index contributed by atoms with van der Waals surface area (Å²) in [4.78, 5) is 8.09. The van der Waals surface area contributed by atoms with E-state index in [1.165, 1.54) is 11.1 Å². The lowest BCUT2D eigenvalue weighted by Crippen LogP contribution is -2.40. The first-order valence-electron chi connectivity index (χ1n) is 9.98. The standard InChI is InChI=1S/C22H27N3O2S/c1-15(2)28(26,27)25-17-11-9-16(10-12-17)22-14-19-18(6-5-8-21(19)24-22)20-7-3-4-13-23-20/h3-8,13-17,24-25H,9-12H2,1-2H3. The summed E-state index contributed by atoms with van der Waals surface area (Å²) >= 11 is 0. The Morgan fingerprint density at radius 2 is 1.86 bits per heavy atom. The summed E-state index contributed by atoms with van der Waals surface area (Å²) in [6.07, 6.45) is 5.54. The summed E-state index contributed by atoms with van der Waals surface area (Å²) in [5, 5.41) is 0.808. The molecule has 6 heteroatoms. The number of hydrogen-bond donors (Lipinski definition) is 2. The third kappa shape index (κ3) is 3.84. The quantitative estimate of drug-likeness (QED) is 0.661. The molecular formula is C22H27N3O2S. The summed E-state index contributed by atoms with van der Waals surface area (Å²) in [6.45, 7) is 3.44. The molecule has 2 aromatic heterocycles. The molecule has 1 saturated carbocycles. The fourth-order valence-electron chi connectivity index (χ4n) is 4.03.